The second-order valence-corrected chi connectivity index (χ2v) is 9.54. The first-order chi connectivity index (χ1) is 14.1. The monoisotopic (exact) mass is 432 g/mol. The summed E-state index contributed by atoms with van der Waals surface area (Å²) >= 11 is 0. The van der Waals surface area contributed by atoms with Gasteiger partial charge in [0.05, 0.1) is 43.7 Å². The minimum Gasteiger partial charge on any atom is -0.392 e. The molecule has 0 aromatic heterocycles. The quantitative estimate of drug-likeness (QED) is 0.597. The first-order valence-corrected chi connectivity index (χ1v) is 11.4. The third-order valence-electron chi connectivity index (χ3n) is 7.10. The summed E-state index contributed by atoms with van der Waals surface area (Å²) in [5.41, 5.74) is 0. The average Bonchev–Trinajstić information content (AvgIpc) is 2.73. The highest BCUT2D eigenvalue weighted by molar-refractivity contribution is 4.90. The van der Waals surface area contributed by atoms with Gasteiger partial charge in [-0.15, -0.1) is 0 Å². The molecule has 8 heteroatoms. The molecule has 3 saturated heterocycles. The number of hydrogen-bond donors (Lipinski definition) is 3. The van der Waals surface area contributed by atoms with Crippen molar-refractivity contribution in [2.75, 3.05) is 13.2 Å². The largest absolute Gasteiger partial charge is 0.392 e. The van der Waals surface area contributed by atoms with E-state index in [1.165, 1.54) is 0 Å². The molecule has 0 aliphatic carbocycles. The molecule has 8 nitrogen and oxygen atoms in total. The van der Waals surface area contributed by atoms with Gasteiger partial charge in [0, 0.05) is 23.7 Å². The van der Waals surface area contributed by atoms with E-state index in [2.05, 4.69) is 0 Å². The number of rotatable bonds is 5. The summed E-state index contributed by atoms with van der Waals surface area (Å²) in [5.74, 6) is -0.485. The fraction of sp³-hybridized carbons (Fsp3) is 1.00. The van der Waals surface area contributed by atoms with Crippen LogP contribution in [0, 0.1) is 23.7 Å². The number of ether oxygens (including phenoxy) is 5. The van der Waals surface area contributed by atoms with Crippen LogP contribution in [0.5, 0.6) is 0 Å². The second-order valence-electron chi connectivity index (χ2n) is 9.54. The van der Waals surface area contributed by atoms with Crippen molar-refractivity contribution < 1.29 is 39.0 Å². The van der Waals surface area contributed by atoms with Crippen LogP contribution < -0.4 is 0 Å². The van der Waals surface area contributed by atoms with Gasteiger partial charge in [-0.2, -0.15) is 0 Å². The van der Waals surface area contributed by atoms with Gasteiger partial charge in [-0.3, -0.25) is 0 Å². The zero-order chi connectivity index (χ0) is 22.2. The van der Waals surface area contributed by atoms with E-state index in [9.17, 15) is 15.3 Å². The Morgan fingerprint density at radius 2 is 1.30 bits per heavy atom. The van der Waals surface area contributed by atoms with Gasteiger partial charge in [-0.1, -0.05) is 34.6 Å². The Hall–Kier alpha value is -0.320. The van der Waals surface area contributed by atoms with Crippen LogP contribution in [0.25, 0.3) is 0 Å². The Kier molecular flexibility index (Phi) is 8.18. The number of aliphatic hydroxyl groups is 3. The van der Waals surface area contributed by atoms with Gasteiger partial charge in [-0.25, -0.2) is 0 Å². The fourth-order valence-electron chi connectivity index (χ4n) is 4.69. The van der Waals surface area contributed by atoms with E-state index in [0.717, 1.165) is 6.42 Å². The molecule has 3 heterocycles. The molecular formula is C22H40O8. The molecule has 0 amide bonds. The van der Waals surface area contributed by atoms with Crippen molar-refractivity contribution >= 4 is 0 Å². The van der Waals surface area contributed by atoms with Crippen molar-refractivity contribution in [1.82, 2.24) is 0 Å². The van der Waals surface area contributed by atoms with Gasteiger partial charge in [0.15, 0.2) is 12.6 Å². The highest BCUT2D eigenvalue weighted by Crippen LogP contribution is 2.36. The molecule has 3 fully saturated rings. The zero-order valence-corrected chi connectivity index (χ0v) is 19.0. The van der Waals surface area contributed by atoms with Crippen molar-refractivity contribution in [3.63, 3.8) is 0 Å². The molecule has 3 aliphatic heterocycles. The summed E-state index contributed by atoms with van der Waals surface area (Å²) in [5, 5.41) is 32.2. The van der Waals surface area contributed by atoms with Crippen LogP contribution in [-0.4, -0.2) is 83.8 Å². The Morgan fingerprint density at radius 1 is 0.733 bits per heavy atom. The van der Waals surface area contributed by atoms with Crippen molar-refractivity contribution in [3.05, 3.63) is 0 Å². The Labute approximate surface area is 179 Å². The van der Waals surface area contributed by atoms with E-state index in [-0.39, 0.29) is 35.9 Å². The second kappa shape index (κ2) is 10.1. The lowest BCUT2D eigenvalue weighted by atomic mass is 9.85. The molecule has 0 spiro atoms. The van der Waals surface area contributed by atoms with Crippen LogP contribution in [0.2, 0.25) is 0 Å². The first kappa shape index (κ1) is 24.3. The lowest BCUT2D eigenvalue weighted by Gasteiger charge is -2.47. The summed E-state index contributed by atoms with van der Waals surface area (Å²) in [6, 6.07) is 0. The maximum atomic E-state index is 10.9. The van der Waals surface area contributed by atoms with Gasteiger partial charge in [0.25, 0.3) is 0 Å². The van der Waals surface area contributed by atoms with Gasteiger partial charge >= 0.3 is 0 Å². The highest BCUT2D eigenvalue weighted by atomic mass is 16.7. The number of aliphatic hydroxyl groups excluding tert-OH is 3. The molecule has 0 unspecified atom stereocenters. The van der Waals surface area contributed by atoms with Gasteiger partial charge in [0.1, 0.15) is 12.2 Å². The molecule has 30 heavy (non-hydrogen) atoms. The minimum atomic E-state index is -0.875. The van der Waals surface area contributed by atoms with Crippen molar-refractivity contribution in [2.45, 2.75) is 103 Å². The van der Waals surface area contributed by atoms with Crippen molar-refractivity contribution in [1.29, 1.82) is 0 Å². The Balaban J connectivity index is 1.75. The molecule has 13 atom stereocenters. The molecule has 3 aliphatic rings. The van der Waals surface area contributed by atoms with Crippen LogP contribution in [0.1, 0.15) is 48.0 Å². The zero-order valence-electron chi connectivity index (χ0n) is 19.0. The van der Waals surface area contributed by atoms with Gasteiger partial charge in [-0.05, 0) is 13.3 Å². The van der Waals surface area contributed by atoms with E-state index < -0.39 is 43.1 Å². The topological polar surface area (TPSA) is 107 Å². The Bertz CT molecular complexity index is 545. The molecule has 0 radical (unpaired) electrons. The third kappa shape index (κ3) is 4.86. The maximum Gasteiger partial charge on any atom is 0.186 e. The van der Waals surface area contributed by atoms with Crippen LogP contribution in [-0.2, 0) is 23.7 Å². The van der Waals surface area contributed by atoms with Crippen LogP contribution in [0.15, 0.2) is 0 Å². The summed E-state index contributed by atoms with van der Waals surface area (Å²) in [6.07, 6.45) is -4.75. The van der Waals surface area contributed by atoms with E-state index in [1.54, 1.807) is 0 Å². The number of hydrogen-bond acceptors (Lipinski definition) is 8. The summed E-state index contributed by atoms with van der Waals surface area (Å²) in [6.45, 7) is 12.3. The smallest absolute Gasteiger partial charge is 0.186 e. The standard InChI is InChI=1S/C22H40O8/c1-7-15-12(4)18(25)13(5)21(28-15)30-20-17(24)11(3)9-27-22(20)29-19-14(6)26-8-10(2)16(19)23/h10-25H,7-9H2,1-6H3/t10-,11-,12-,13-,14+,15-,16+,17+,18+,19+,20-,21+,22+/m1/s1. The minimum absolute atomic E-state index is 0.000205. The van der Waals surface area contributed by atoms with Crippen molar-refractivity contribution in [2.24, 2.45) is 23.7 Å². The molecule has 0 bridgehead atoms. The molecular weight excluding hydrogens is 392 g/mol. The summed E-state index contributed by atoms with van der Waals surface area (Å²) in [7, 11) is 0. The normalized spacial score (nSPS) is 52.9. The highest BCUT2D eigenvalue weighted by Gasteiger charge is 2.48. The SMILES string of the molecule is CC[C@H]1O[C@@H](O[C@H]2[C@H](O[C@@H]3[C@@H](O)[C@H](C)CO[C@H]3C)OC[C@@H](C)[C@@H]2O)[C@H](C)[C@@H](O)[C@@H]1C. The predicted octanol–water partition coefficient (Wildman–Crippen LogP) is 1.29. The molecule has 176 valence electrons. The maximum absolute atomic E-state index is 10.9. The molecule has 3 rings (SSSR count). The van der Waals surface area contributed by atoms with Gasteiger partial charge < -0.3 is 39.0 Å². The van der Waals surface area contributed by atoms with E-state index in [0.29, 0.717) is 13.2 Å². The lowest BCUT2D eigenvalue weighted by Crippen LogP contribution is -2.59. The van der Waals surface area contributed by atoms with Crippen LogP contribution >= 0.6 is 0 Å². The molecule has 0 aromatic carbocycles. The predicted molar refractivity (Wildman–Crippen MR) is 109 cm³/mol. The molecule has 3 N–H and O–H groups in total. The van der Waals surface area contributed by atoms with Crippen molar-refractivity contribution in [3.8, 4) is 0 Å². The molecule has 0 saturated carbocycles. The van der Waals surface area contributed by atoms with E-state index in [4.69, 9.17) is 23.7 Å². The fourth-order valence-corrected chi connectivity index (χ4v) is 4.69. The van der Waals surface area contributed by atoms with Crippen LogP contribution in [0.3, 0.4) is 0 Å². The molecule has 0 aromatic rings. The Morgan fingerprint density at radius 3 is 1.93 bits per heavy atom. The first-order valence-electron chi connectivity index (χ1n) is 11.4. The lowest BCUT2D eigenvalue weighted by molar-refractivity contribution is -0.353. The van der Waals surface area contributed by atoms with E-state index >= 15 is 0 Å². The van der Waals surface area contributed by atoms with Crippen LogP contribution in [0.4, 0.5) is 0 Å². The van der Waals surface area contributed by atoms with E-state index in [1.807, 2.05) is 41.5 Å². The summed E-state index contributed by atoms with van der Waals surface area (Å²) < 4.78 is 30.1. The van der Waals surface area contributed by atoms with Gasteiger partial charge in [0.2, 0.25) is 0 Å². The third-order valence-corrected chi connectivity index (χ3v) is 7.10. The average molecular weight is 433 g/mol. The summed E-state index contributed by atoms with van der Waals surface area (Å²) in [4.78, 5) is 0.